The second-order valence-corrected chi connectivity index (χ2v) is 10.5. The predicted octanol–water partition coefficient (Wildman–Crippen LogP) is 4.99. The fourth-order valence-corrected chi connectivity index (χ4v) is 4.62. The Morgan fingerprint density at radius 3 is 1.17 bits per heavy atom. The van der Waals surface area contributed by atoms with Crippen molar-refractivity contribution in [3.8, 4) is 17.2 Å². The molecule has 10 heteroatoms. The molecule has 0 unspecified atom stereocenters. The molecule has 0 spiro atoms. The first-order valence-electron chi connectivity index (χ1n) is 15.3. The second kappa shape index (κ2) is 18.3. The van der Waals surface area contributed by atoms with Gasteiger partial charge in [0, 0.05) is 18.3 Å². The van der Waals surface area contributed by atoms with Gasteiger partial charge in [0.25, 0.3) is 0 Å². The van der Waals surface area contributed by atoms with E-state index in [9.17, 15) is 19.2 Å². The van der Waals surface area contributed by atoms with Crippen LogP contribution >= 0.6 is 0 Å². The van der Waals surface area contributed by atoms with Crippen LogP contribution in [0, 0.1) is 0 Å². The Labute approximate surface area is 269 Å². The van der Waals surface area contributed by atoms with Crippen LogP contribution in [0.1, 0.15) is 63.1 Å². The molecule has 0 aliphatic rings. The van der Waals surface area contributed by atoms with Crippen molar-refractivity contribution in [3.05, 3.63) is 89.5 Å². The molecule has 10 nitrogen and oxygen atoms in total. The van der Waals surface area contributed by atoms with Crippen LogP contribution in [0.15, 0.2) is 72.8 Å². The summed E-state index contributed by atoms with van der Waals surface area (Å²) in [5.41, 5.74) is 2.36. The average molecular weight is 635 g/mol. The fourth-order valence-electron chi connectivity index (χ4n) is 4.62. The number of aliphatic hydroxyl groups is 1. The van der Waals surface area contributed by atoms with E-state index in [0.717, 1.165) is 16.7 Å². The lowest BCUT2D eigenvalue weighted by molar-refractivity contribution is -0.148. The number of ketones is 2. The molecule has 3 aromatic rings. The van der Waals surface area contributed by atoms with Gasteiger partial charge in [0.05, 0.1) is 6.61 Å². The normalized spacial score (nSPS) is 11.0. The van der Waals surface area contributed by atoms with Gasteiger partial charge in [0.1, 0.15) is 74.7 Å². The van der Waals surface area contributed by atoms with Gasteiger partial charge in [0.15, 0.2) is 0 Å². The van der Waals surface area contributed by atoms with E-state index < -0.39 is 17.4 Å². The first-order valence-corrected chi connectivity index (χ1v) is 15.3. The summed E-state index contributed by atoms with van der Waals surface area (Å²) in [5.74, 6) is 0.389. The monoisotopic (exact) mass is 634 g/mol. The van der Waals surface area contributed by atoms with Gasteiger partial charge in [-0.05, 0) is 60.0 Å². The molecule has 0 aliphatic heterocycles. The lowest BCUT2D eigenvalue weighted by Gasteiger charge is -2.32. The molecule has 0 heterocycles. The van der Waals surface area contributed by atoms with E-state index in [1.165, 1.54) is 0 Å². The van der Waals surface area contributed by atoms with Crippen LogP contribution in [0.25, 0.3) is 0 Å². The zero-order valence-corrected chi connectivity index (χ0v) is 26.6. The molecule has 46 heavy (non-hydrogen) atoms. The van der Waals surface area contributed by atoms with Crippen molar-refractivity contribution in [1.29, 1.82) is 0 Å². The van der Waals surface area contributed by atoms with E-state index in [2.05, 4.69) is 6.92 Å². The molecule has 0 bridgehead atoms. The third-order valence-corrected chi connectivity index (χ3v) is 7.36. The molecule has 3 rings (SSSR count). The molecule has 0 aromatic heterocycles. The second-order valence-electron chi connectivity index (χ2n) is 10.5. The Kier molecular flexibility index (Phi) is 14.2. The molecular weight excluding hydrogens is 592 g/mol. The maximum Gasteiger partial charge on any atom is 0.313 e. The summed E-state index contributed by atoms with van der Waals surface area (Å²) in [6, 6.07) is 23.0. The molecule has 246 valence electrons. The van der Waals surface area contributed by atoms with Gasteiger partial charge in [-0.2, -0.15) is 0 Å². The highest BCUT2D eigenvalue weighted by molar-refractivity contribution is 5.95. The molecule has 0 fully saturated rings. The van der Waals surface area contributed by atoms with Crippen LogP contribution in [-0.2, 0) is 34.1 Å². The Morgan fingerprint density at radius 2 is 0.870 bits per heavy atom. The minimum absolute atomic E-state index is 0.0371. The van der Waals surface area contributed by atoms with E-state index in [0.29, 0.717) is 30.1 Å². The Bertz CT molecular complexity index is 1330. The summed E-state index contributed by atoms with van der Waals surface area (Å²) in [6.45, 7) is 6.00. The third kappa shape index (κ3) is 10.7. The molecule has 0 saturated heterocycles. The minimum Gasteiger partial charge on any atom is -0.491 e. The van der Waals surface area contributed by atoms with E-state index >= 15 is 0 Å². The van der Waals surface area contributed by atoms with Crippen molar-refractivity contribution in [2.24, 2.45) is 0 Å². The molecule has 0 radical (unpaired) electrons. The first kappa shape index (κ1) is 35.8. The van der Waals surface area contributed by atoms with Crippen molar-refractivity contribution < 1.29 is 48.0 Å². The first-order chi connectivity index (χ1) is 22.2. The van der Waals surface area contributed by atoms with Crippen LogP contribution in [0.3, 0.4) is 0 Å². The largest absolute Gasteiger partial charge is 0.491 e. The van der Waals surface area contributed by atoms with E-state index in [1.54, 1.807) is 13.8 Å². The molecule has 3 aromatic carbocycles. The molecule has 0 aliphatic carbocycles. The van der Waals surface area contributed by atoms with Gasteiger partial charge in [0.2, 0.25) is 0 Å². The van der Waals surface area contributed by atoms with E-state index in [1.807, 2.05) is 72.8 Å². The molecule has 0 saturated carbocycles. The molecule has 1 N–H and O–H groups in total. The van der Waals surface area contributed by atoms with Crippen LogP contribution in [-0.4, -0.2) is 68.3 Å². The van der Waals surface area contributed by atoms with E-state index in [4.69, 9.17) is 28.8 Å². The highest BCUT2D eigenvalue weighted by atomic mass is 16.6. The summed E-state index contributed by atoms with van der Waals surface area (Å²) in [6.07, 6.45) is 0.116. The number of hydrogen-bond acceptors (Lipinski definition) is 10. The van der Waals surface area contributed by atoms with Gasteiger partial charge in [-0.1, -0.05) is 50.2 Å². The van der Waals surface area contributed by atoms with Gasteiger partial charge in [-0.25, -0.2) is 0 Å². The van der Waals surface area contributed by atoms with Crippen molar-refractivity contribution in [3.63, 3.8) is 0 Å². The lowest BCUT2D eigenvalue weighted by atomic mass is 9.71. The highest BCUT2D eigenvalue weighted by Crippen LogP contribution is 2.40. The number of aliphatic hydroxyl groups excluding tert-OH is 1. The summed E-state index contributed by atoms with van der Waals surface area (Å²) >= 11 is 0. The van der Waals surface area contributed by atoms with Crippen LogP contribution in [0.2, 0.25) is 0 Å². The van der Waals surface area contributed by atoms with Gasteiger partial charge >= 0.3 is 11.9 Å². The van der Waals surface area contributed by atoms with Gasteiger partial charge < -0.3 is 28.8 Å². The summed E-state index contributed by atoms with van der Waals surface area (Å²) in [7, 11) is 0. The maximum atomic E-state index is 11.7. The maximum absolute atomic E-state index is 11.7. The molecule has 0 amide bonds. The standard InChI is InChI=1S/C36H42O10/c1-4-29(38)24-34(40)45-22-20-43-32-14-8-27(9-15-32)36(3,26-6-12-31(13-7-26)42-19-18-37)28-10-16-33(17-11-28)44-21-23-46-35(41)25-30(39)5-2/h6-17,37H,4-5,18-25H2,1-3H3. The number of ether oxygens (including phenoxy) is 5. The molecule has 0 atom stereocenters. The number of rotatable bonds is 20. The average Bonchev–Trinajstić information content (AvgIpc) is 3.08. The quantitative estimate of drug-likeness (QED) is 0.0784. The predicted molar refractivity (Wildman–Crippen MR) is 170 cm³/mol. The third-order valence-electron chi connectivity index (χ3n) is 7.36. The SMILES string of the molecule is CCC(=O)CC(=O)OCCOc1ccc(C(C)(c2ccc(OCCO)cc2)c2ccc(OCCOC(=O)CC(=O)CC)cc2)cc1. The minimum atomic E-state index is -0.602. The number of esters is 2. The van der Waals surface area contributed by atoms with Gasteiger partial charge in [-0.3, -0.25) is 19.2 Å². The Morgan fingerprint density at radius 1 is 0.543 bits per heavy atom. The summed E-state index contributed by atoms with van der Waals surface area (Å²) < 4.78 is 27.2. The number of benzene rings is 3. The number of carbonyl (C=O) groups is 4. The number of hydrogen-bond donors (Lipinski definition) is 1. The van der Waals surface area contributed by atoms with E-state index in [-0.39, 0.29) is 64.0 Å². The molecular formula is C36H42O10. The topological polar surface area (TPSA) is 135 Å². The smallest absolute Gasteiger partial charge is 0.313 e. The highest BCUT2D eigenvalue weighted by Gasteiger charge is 2.31. The number of Topliss-reactive ketones (excluding diaryl/α,β-unsaturated/α-hetero) is 2. The van der Waals surface area contributed by atoms with Crippen LogP contribution in [0.5, 0.6) is 17.2 Å². The van der Waals surface area contributed by atoms with Crippen molar-refractivity contribution in [2.45, 2.75) is 51.9 Å². The zero-order valence-electron chi connectivity index (χ0n) is 26.6. The lowest BCUT2D eigenvalue weighted by Crippen LogP contribution is -2.25. The van der Waals surface area contributed by atoms with Crippen LogP contribution in [0.4, 0.5) is 0 Å². The van der Waals surface area contributed by atoms with Crippen molar-refractivity contribution in [1.82, 2.24) is 0 Å². The number of carbonyl (C=O) groups excluding carboxylic acids is 4. The Balaban J connectivity index is 1.72. The van der Waals surface area contributed by atoms with Crippen LogP contribution < -0.4 is 14.2 Å². The zero-order chi connectivity index (χ0) is 33.4. The summed E-state index contributed by atoms with van der Waals surface area (Å²) in [4.78, 5) is 46.2. The van der Waals surface area contributed by atoms with Crippen molar-refractivity contribution in [2.75, 3.05) is 39.6 Å². The Hall–Kier alpha value is -4.70. The van der Waals surface area contributed by atoms with Crippen molar-refractivity contribution >= 4 is 23.5 Å². The van der Waals surface area contributed by atoms with Gasteiger partial charge in [-0.15, -0.1) is 0 Å². The fraction of sp³-hybridized carbons (Fsp3) is 0.389. The summed E-state index contributed by atoms with van der Waals surface area (Å²) in [5, 5.41) is 9.11.